The first-order chi connectivity index (χ1) is 18.0. The lowest BCUT2D eigenvalue weighted by molar-refractivity contribution is -0.139. The number of hydrogen-bond acceptors (Lipinski definition) is 6. The summed E-state index contributed by atoms with van der Waals surface area (Å²) in [6.07, 6.45) is 10.3. The lowest BCUT2D eigenvalue weighted by atomic mass is 9.83. The predicted molar refractivity (Wildman–Crippen MR) is 140 cm³/mol. The number of carbonyl (C=O) groups excluding carboxylic acids is 2. The van der Waals surface area contributed by atoms with Crippen molar-refractivity contribution in [3.63, 3.8) is 0 Å². The Kier molecular flexibility index (Phi) is 7.41. The van der Waals surface area contributed by atoms with Gasteiger partial charge in [-0.3, -0.25) is 14.6 Å². The Morgan fingerprint density at radius 2 is 1.86 bits per heavy atom. The number of hydrogen-bond donors (Lipinski definition) is 2. The summed E-state index contributed by atoms with van der Waals surface area (Å²) in [7, 11) is 1.74. The van der Waals surface area contributed by atoms with Crippen molar-refractivity contribution in [2.75, 3.05) is 13.6 Å². The maximum Gasteiger partial charge on any atom is 0.424 e. The number of carbonyl (C=O) groups is 2. The molecule has 0 spiro atoms. The molecule has 1 aromatic carbocycles. The molecule has 1 aliphatic carbocycles. The molecule has 5 rings (SSSR count). The summed E-state index contributed by atoms with van der Waals surface area (Å²) in [6, 6.07) is 8.11. The summed E-state index contributed by atoms with van der Waals surface area (Å²) in [4.78, 5) is 45.8. The van der Waals surface area contributed by atoms with Crippen LogP contribution in [0, 0.1) is 5.92 Å². The van der Waals surface area contributed by atoms with E-state index in [1.54, 1.807) is 32.4 Å². The summed E-state index contributed by atoms with van der Waals surface area (Å²) in [5.41, 5.74) is 2.66. The minimum atomic E-state index is -0.541. The summed E-state index contributed by atoms with van der Waals surface area (Å²) in [5.74, 6) is -0.520. The van der Waals surface area contributed by atoms with Gasteiger partial charge in [0.1, 0.15) is 6.04 Å². The number of aromatic nitrogens is 2. The van der Waals surface area contributed by atoms with Crippen molar-refractivity contribution in [2.24, 2.45) is 5.92 Å². The molecule has 196 valence electrons. The van der Waals surface area contributed by atoms with E-state index in [0.29, 0.717) is 23.3 Å². The molecule has 9 heteroatoms. The molecule has 9 nitrogen and oxygen atoms in total. The lowest BCUT2D eigenvalue weighted by Gasteiger charge is -2.35. The quantitative estimate of drug-likeness (QED) is 0.510. The van der Waals surface area contributed by atoms with Crippen LogP contribution in [0.1, 0.15) is 63.5 Å². The van der Waals surface area contributed by atoms with E-state index >= 15 is 0 Å². The summed E-state index contributed by atoms with van der Waals surface area (Å²) >= 11 is 0. The van der Waals surface area contributed by atoms with Crippen LogP contribution >= 0.6 is 0 Å². The zero-order valence-corrected chi connectivity index (χ0v) is 21.5. The number of nitrogens with one attached hydrogen (secondary N) is 2. The Bertz CT molecular complexity index is 1330. The van der Waals surface area contributed by atoms with Crippen LogP contribution in [-0.2, 0) is 9.59 Å². The van der Waals surface area contributed by atoms with E-state index in [0.717, 1.165) is 44.1 Å². The van der Waals surface area contributed by atoms with E-state index in [1.807, 2.05) is 29.2 Å². The largest absolute Gasteiger partial charge is 0.424 e. The molecule has 1 saturated carbocycles. The molecule has 2 N–H and O–H groups in total. The standard InChI is InChI=1S/C28H35N5O4/c1-18(29-2)26(34)31-25(19-9-4-3-5-10-19)27(35)32-14-8-12-22(32)20-15-21(17-30-16-20)33-23-11-6-7-13-24(23)37-28(33)36/h6-7,11,13,15-19,22,25,29H,3-5,8-10,12,14H2,1-2H3,(H,31,34)/t18-,22-,25-/m0/s1. The van der Waals surface area contributed by atoms with Crippen molar-refractivity contribution < 1.29 is 14.0 Å². The highest BCUT2D eigenvalue weighted by molar-refractivity contribution is 5.90. The zero-order chi connectivity index (χ0) is 25.9. The van der Waals surface area contributed by atoms with Crippen molar-refractivity contribution in [1.29, 1.82) is 0 Å². The number of rotatable bonds is 7. The Hall–Kier alpha value is -3.46. The van der Waals surface area contributed by atoms with Gasteiger partial charge < -0.3 is 20.0 Å². The molecule has 0 unspecified atom stereocenters. The molecule has 2 aliphatic rings. The molecular formula is C28H35N5O4. The van der Waals surface area contributed by atoms with Crippen LogP contribution < -0.4 is 16.4 Å². The first-order valence-corrected chi connectivity index (χ1v) is 13.3. The van der Waals surface area contributed by atoms with Gasteiger partial charge in [0.2, 0.25) is 11.8 Å². The predicted octanol–water partition coefficient (Wildman–Crippen LogP) is 3.32. The minimum absolute atomic E-state index is 0.0256. The number of benzene rings is 1. The fourth-order valence-corrected chi connectivity index (χ4v) is 5.77. The molecule has 2 fully saturated rings. The number of fused-ring (bicyclic) bond motifs is 1. The maximum absolute atomic E-state index is 14.0. The van der Waals surface area contributed by atoms with E-state index in [4.69, 9.17) is 4.42 Å². The second-order valence-corrected chi connectivity index (χ2v) is 10.2. The molecule has 2 amide bonds. The van der Waals surface area contributed by atoms with Crippen molar-refractivity contribution in [2.45, 2.75) is 70.0 Å². The van der Waals surface area contributed by atoms with Crippen LogP contribution in [0.4, 0.5) is 0 Å². The third kappa shape index (κ3) is 5.05. The zero-order valence-electron chi connectivity index (χ0n) is 21.5. The topological polar surface area (TPSA) is 109 Å². The molecule has 0 radical (unpaired) electrons. The Morgan fingerprint density at radius 3 is 2.65 bits per heavy atom. The van der Waals surface area contributed by atoms with Crippen LogP contribution in [0.2, 0.25) is 0 Å². The van der Waals surface area contributed by atoms with Crippen molar-refractivity contribution in [3.8, 4) is 5.69 Å². The third-order valence-electron chi connectivity index (χ3n) is 7.92. The molecular weight excluding hydrogens is 470 g/mol. The van der Waals surface area contributed by atoms with Crippen LogP contribution in [0.25, 0.3) is 16.8 Å². The summed E-state index contributed by atoms with van der Waals surface area (Å²) < 4.78 is 6.92. The van der Waals surface area contributed by atoms with Gasteiger partial charge in [-0.2, -0.15) is 0 Å². The van der Waals surface area contributed by atoms with Gasteiger partial charge in [-0.25, -0.2) is 9.36 Å². The van der Waals surface area contributed by atoms with Gasteiger partial charge in [0.15, 0.2) is 5.58 Å². The van der Waals surface area contributed by atoms with Crippen molar-refractivity contribution >= 4 is 22.9 Å². The molecule has 1 aliphatic heterocycles. The number of likely N-dealkylation sites (N-methyl/N-ethyl adjacent to an activating group) is 1. The fraction of sp³-hybridized carbons (Fsp3) is 0.500. The van der Waals surface area contributed by atoms with Crippen LogP contribution in [0.5, 0.6) is 0 Å². The second-order valence-electron chi connectivity index (χ2n) is 10.2. The number of nitrogens with zero attached hydrogens (tertiary/aromatic N) is 3. The summed E-state index contributed by atoms with van der Waals surface area (Å²) in [6.45, 7) is 2.43. The van der Waals surface area contributed by atoms with Gasteiger partial charge in [0.25, 0.3) is 0 Å². The molecule has 3 aromatic rings. The molecule has 3 atom stereocenters. The van der Waals surface area contributed by atoms with Gasteiger partial charge in [0.05, 0.1) is 29.5 Å². The number of oxazole rings is 1. The average molecular weight is 506 g/mol. The van der Waals surface area contributed by atoms with E-state index in [1.165, 1.54) is 11.0 Å². The van der Waals surface area contributed by atoms with E-state index in [-0.39, 0.29) is 29.8 Å². The smallest absolute Gasteiger partial charge is 0.407 e. The van der Waals surface area contributed by atoms with Gasteiger partial charge >= 0.3 is 5.76 Å². The van der Waals surface area contributed by atoms with Crippen LogP contribution in [0.3, 0.4) is 0 Å². The van der Waals surface area contributed by atoms with E-state index in [9.17, 15) is 14.4 Å². The molecule has 2 aromatic heterocycles. The van der Waals surface area contributed by atoms with Gasteiger partial charge in [0, 0.05) is 12.7 Å². The highest BCUT2D eigenvalue weighted by atomic mass is 16.4. The first kappa shape index (κ1) is 25.2. The molecule has 3 heterocycles. The highest BCUT2D eigenvalue weighted by Gasteiger charge is 2.39. The number of amides is 2. The lowest BCUT2D eigenvalue weighted by Crippen LogP contribution is -2.55. The van der Waals surface area contributed by atoms with Crippen LogP contribution in [0.15, 0.2) is 51.9 Å². The van der Waals surface area contributed by atoms with Gasteiger partial charge in [-0.15, -0.1) is 0 Å². The van der Waals surface area contributed by atoms with E-state index in [2.05, 4.69) is 15.6 Å². The number of likely N-dealkylation sites (tertiary alicyclic amines) is 1. The minimum Gasteiger partial charge on any atom is -0.407 e. The summed E-state index contributed by atoms with van der Waals surface area (Å²) in [5, 5.41) is 6.05. The number of pyridine rings is 1. The normalized spacial score (nSPS) is 20.2. The Labute approximate surface area is 216 Å². The van der Waals surface area contributed by atoms with Crippen molar-refractivity contribution in [3.05, 3.63) is 58.8 Å². The Morgan fingerprint density at radius 1 is 1.08 bits per heavy atom. The second kappa shape index (κ2) is 10.9. The number of para-hydroxylation sites is 2. The maximum atomic E-state index is 14.0. The monoisotopic (exact) mass is 505 g/mol. The fourth-order valence-electron chi connectivity index (χ4n) is 5.77. The molecule has 37 heavy (non-hydrogen) atoms. The SMILES string of the molecule is CN[C@@H](C)C(=O)N[C@H](C(=O)N1CCC[C@H]1c1cncc(-n2c(=O)oc3ccccc32)c1)C1CCCCC1. The first-order valence-electron chi connectivity index (χ1n) is 13.3. The average Bonchev–Trinajstić information content (AvgIpc) is 3.55. The molecule has 1 saturated heterocycles. The van der Waals surface area contributed by atoms with Gasteiger partial charge in [-0.05, 0) is 69.3 Å². The van der Waals surface area contributed by atoms with Gasteiger partial charge in [-0.1, -0.05) is 31.4 Å². The van der Waals surface area contributed by atoms with Crippen LogP contribution in [-0.4, -0.2) is 51.9 Å². The Balaban J connectivity index is 1.44. The molecule has 0 bridgehead atoms. The third-order valence-corrected chi connectivity index (χ3v) is 7.92. The van der Waals surface area contributed by atoms with E-state index < -0.39 is 11.8 Å². The highest BCUT2D eigenvalue weighted by Crippen LogP contribution is 2.35. The van der Waals surface area contributed by atoms with Crippen molar-refractivity contribution in [1.82, 2.24) is 25.1 Å².